The van der Waals surface area contributed by atoms with Gasteiger partial charge in [0.25, 0.3) is 0 Å². The number of para-hydroxylation sites is 1. The molecule has 3 nitrogen and oxygen atoms in total. The predicted octanol–water partition coefficient (Wildman–Crippen LogP) is 4.40. The fourth-order valence-corrected chi connectivity index (χ4v) is 2.27. The first kappa shape index (κ1) is 14.0. The Labute approximate surface area is 127 Å². The van der Waals surface area contributed by atoms with Crippen molar-refractivity contribution in [3.05, 3.63) is 46.0 Å². The van der Waals surface area contributed by atoms with Crippen LogP contribution >= 0.6 is 22.6 Å². The number of nitrogen functional groups attached to an aromatic ring is 1. The molecule has 4 heteroatoms. The minimum atomic E-state index is 0.107. The van der Waals surface area contributed by atoms with Gasteiger partial charge in [-0.05, 0) is 66.8 Å². The molecule has 19 heavy (non-hydrogen) atoms. The summed E-state index contributed by atoms with van der Waals surface area (Å²) in [4.78, 5) is 0. The summed E-state index contributed by atoms with van der Waals surface area (Å²) in [6.45, 7) is 3.97. The Morgan fingerprint density at radius 3 is 2.58 bits per heavy atom. The van der Waals surface area contributed by atoms with Gasteiger partial charge < -0.3 is 15.8 Å². The van der Waals surface area contributed by atoms with Crippen LogP contribution in [0.1, 0.15) is 13.8 Å². The number of hydrogen-bond donors (Lipinski definition) is 2. The zero-order valence-corrected chi connectivity index (χ0v) is 13.1. The van der Waals surface area contributed by atoms with Crippen LogP contribution in [0.3, 0.4) is 0 Å². The molecular formula is C15H17IN2O. The first-order valence-electron chi connectivity index (χ1n) is 6.14. The number of anilines is 3. The molecule has 0 amide bonds. The van der Waals surface area contributed by atoms with Gasteiger partial charge in [0.2, 0.25) is 0 Å². The molecule has 0 unspecified atom stereocenters. The molecule has 0 radical (unpaired) electrons. The molecule has 100 valence electrons. The molecule has 0 aliphatic heterocycles. The Kier molecular flexibility index (Phi) is 4.52. The van der Waals surface area contributed by atoms with Crippen LogP contribution in [0, 0.1) is 3.57 Å². The van der Waals surface area contributed by atoms with Gasteiger partial charge in [-0.2, -0.15) is 0 Å². The number of hydrogen-bond acceptors (Lipinski definition) is 3. The molecule has 0 fully saturated rings. The lowest BCUT2D eigenvalue weighted by molar-refractivity contribution is 0.244. The summed E-state index contributed by atoms with van der Waals surface area (Å²) >= 11 is 2.28. The number of benzene rings is 2. The molecule has 3 N–H and O–H groups in total. The van der Waals surface area contributed by atoms with Crippen molar-refractivity contribution in [3.63, 3.8) is 0 Å². The third kappa shape index (κ3) is 3.76. The SMILES string of the molecule is CC(C)Oc1cccc(Nc2cccc(I)c2)c1N. The number of ether oxygens (including phenoxy) is 1. The van der Waals surface area contributed by atoms with Crippen molar-refractivity contribution in [1.82, 2.24) is 0 Å². The molecule has 2 aromatic rings. The first-order valence-corrected chi connectivity index (χ1v) is 7.22. The molecule has 0 aliphatic rings. The van der Waals surface area contributed by atoms with Crippen molar-refractivity contribution < 1.29 is 4.74 Å². The lowest BCUT2D eigenvalue weighted by atomic mass is 10.2. The molecule has 0 aliphatic carbocycles. The highest BCUT2D eigenvalue weighted by Crippen LogP contribution is 2.32. The maximum atomic E-state index is 6.13. The quantitative estimate of drug-likeness (QED) is 0.621. The van der Waals surface area contributed by atoms with Crippen LogP contribution in [-0.2, 0) is 0 Å². The molecule has 0 atom stereocenters. The van der Waals surface area contributed by atoms with Gasteiger partial charge in [-0.1, -0.05) is 12.1 Å². The predicted molar refractivity (Wildman–Crippen MR) is 89.1 cm³/mol. The van der Waals surface area contributed by atoms with E-state index < -0.39 is 0 Å². The van der Waals surface area contributed by atoms with E-state index in [0.717, 1.165) is 11.4 Å². The Bertz CT molecular complexity index is 570. The number of nitrogens with one attached hydrogen (secondary N) is 1. The van der Waals surface area contributed by atoms with Crippen LogP contribution in [0.25, 0.3) is 0 Å². The van der Waals surface area contributed by atoms with E-state index >= 15 is 0 Å². The van der Waals surface area contributed by atoms with Crippen LogP contribution in [0.15, 0.2) is 42.5 Å². The van der Waals surface area contributed by atoms with Crippen molar-refractivity contribution in [1.29, 1.82) is 0 Å². The summed E-state index contributed by atoms with van der Waals surface area (Å²) in [6, 6.07) is 13.9. The molecule has 2 rings (SSSR count). The summed E-state index contributed by atoms with van der Waals surface area (Å²) in [5, 5.41) is 3.32. The summed E-state index contributed by atoms with van der Waals surface area (Å²) in [7, 11) is 0. The molecule has 0 bridgehead atoms. The highest BCUT2D eigenvalue weighted by molar-refractivity contribution is 14.1. The maximum absolute atomic E-state index is 6.13. The number of nitrogens with two attached hydrogens (primary N) is 1. The maximum Gasteiger partial charge on any atom is 0.144 e. The molecule has 0 saturated carbocycles. The van der Waals surface area contributed by atoms with E-state index in [-0.39, 0.29) is 6.10 Å². The van der Waals surface area contributed by atoms with E-state index in [1.807, 2.05) is 50.2 Å². The normalized spacial score (nSPS) is 10.5. The van der Waals surface area contributed by atoms with Crippen LogP contribution < -0.4 is 15.8 Å². The Morgan fingerprint density at radius 1 is 1.16 bits per heavy atom. The zero-order valence-electron chi connectivity index (χ0n) is 11.0. The van der Waals surface area contributed by atoms with Gasteiger partial charge in [-0.25, -0.2) is 0 Å². The average Bonchev–Trinajstić information content (AvgIpc) is 2.34. The van der Waals surface area contributed by atoms with Crippen LogP contribution in [0.5, 0.6) is 5.75 Å². The van der Waals surface area contributed by atoms with Gasteiger partial charge in [0.05, 0.1) is 17.5 Å². The fourth-order valence-electron chi connectivity index (χ4n) is 1.73. The van der Waals surface area contributed by atoms with E-state index in [1.54, 1.807) is 0 Å². The van der Waals surface area contributed by atoms with E-state index in [1.165, 1.54) is 3.57 Å². The Balaban J connectivity index is 2.25. The van der Waals surface area contributed by atoms with Gasteiger partial charge >= 0.3 is 0 Å². The minimum Gasteiger partial charge on any atom is -0.489 e. The third-order valence-corrected chi connectivity index (χ3v) is 3.20. The minimum absolute atomic E-state index is 0.107. The molecule has 0 aromatic heterocycles. The van der Waals surface area contributed by atoms with E-state index in [4.69, 9.17) is 10.5 Å². The highest BCUT2D eigenvalue weighted by Gasteiger charge is 2.07. The van der Waals surface area contributed by atoms with Crippen molar-refractivity contribution in [2.75, 3.05) is 11.1 Å². The molecule has 0 saturated heterocycles. The standard InChI is InChI=1S/C15H17IN2O/c1-10(2)19-14-8-4-7-13(15(14)17)18-12-6-3-5-11(16)9-12/h3-10,18H,17H2,1-2H3. The van der Waals surface area contributed by atoms with Crippen LogP contribution in [0.4, 0.5) is 17.1 Å². The lowest BCUT2D eigenvalue weighted by Gasteiger charge is -2.15. The lowest BCUT2D eigenvalue weighted by Crippen LogP contribution is -2.08. The van der Waals surface area contributed by atoms with Crippen molar-refractivity contribution in [3.8, 4) is 5.75 Å². The number of rotatable bonds is 4. The smallest absolute Gasteiger partial charge is 0.144 e. The zero-order chi connectivity index (χ0) is 13.8. The summed E-state index contributed by atoms with van der Waals surface area (Å²) < 4.78 is 6.86. The Hall–Kier alpha value is -1.43. The third-order valence-electron chi connectivity index (χ3n) is 2.53. The van der Waals surface area contributed by atoms with Crippen LogP contribution in [0.2, 0.25) is 0 Å². The van der Waals surface area contributed by atoms with Gasteiger partial charge in [-0.3, -0.25) is 0 Å². The van der Waals surface area contributed by atoms with E-state index in [2.05, 4.69) is 34.0 Å². The highest BCUT2D eigenvalue weighted by atomic mass is 127. The second-order valence-corrected chi connectivity index (χ2v) is 5.76. The van der Waals surface area contributed by atoms with Gasteiger partial charge in [0.15, 0.2) is 0 Å². The van der Waals surface area contributed by atoms with Crippen molar-refractivity contribution in [2.24, 2.45) is 0 Å². The van der Waals surface area contributed by atoms with Crippen molar-refractivity contribution in [2.45, 2.75) is 20.0 Å². The molecule has 0 spiro atoms. The first-order chi connectivity index (χ1) is 9.06. The summed E-state index contributed by atoms with van der Waals surface area (Å²) in [6.07, 6.45) is 0.107. The molecule has 2 aromatic carbocycles. The topological polar surface area (TPSA) is 47.3 Å². The largest absolute Gasteiger partial charge is 0.489 e. The van der Waals surface area contributed by atoms with Crippen molar-refractivity contribution >= 4 is 39.7 Å². The monoisotopic (exact) mass is 368 g/mol. The van der Waals surface area contributed by atoms with E-state index in [0.29, 0.717) is 11.4 Å². The summed E-state index contributed by atoms with van der Waals surface area (Å²) in [5.41, 5.74) is 8.64. The van der Waals surface area contributed by atoms with Gasteiger partial charge in [-0.15, -0.1) is 0 Å². The second kappa shape index (κ2) is 6.14. The Morgan fingerprint density at radius 2 is 1.89 bits per heavy atom. The molecular weight excluding hydrogens is 351 g/mol. The number of halogens is 1. The van der Waals surface area contributed by atoms with Gasteiger partial charge in [0.1, 0.15) is 5.75 Å². The average molecular weight is 368 g/mol. The summed E-state index contributed by atoms with van der Waals surface area (Å²) in [5.74, 6) is 0.714. The fraction of sp³-hybridized carbons (Fsp3) is 0.200. The van der Waals surface area contributed by atoms with Crippen LogP contribution in [-0.4, -0.2) is 6.10 Å². The van der Waals surface area contributed by atoms with E-state index in [9.17, 15) is 0 Å². The second-order valence-electron chi connectivity index (χ2n) is 4.52. The molecule has 0 heterocycles. The van der Waals surface area contributed by atoms with Gasteiger partial charge in [0, 0.05) is 9.26 Å².